The van der Waals surface area contributed by atoms with Gasteiger partial charge in [-0.1, -0.05) is 17.7 Å². The summed E-state index contributed by atoms with van der Waals surface area (Å²) in [5, 5.41) is 0. The van der Waals surface area contributed by atoms with Crippen LogP contribution in [0.3, 0.4) is 0 Å². The Morgan fingerprint density at radius 3 is 2.52 bits per heavy atom. The Morgan fingerprint density at radius 1 is 1.10 bits per heavy atom. The van der Waals surface area contributed by atoms with E-state index in [1.54, 1.807) is 12.1 Å². The molecule has 1 N–H and O–H groups in total. The van der Waals surface area contributed by atoms with E-state index >= 15 is 0 Å². The molecule has 0 aromatic heterocycles. The summed E-state index contributed by atoms with van der Waals surface area (Å²) in [7, 11) is -3.75. The predicted molar refractivity (Wildman–Crippen MR) is 125 cm³/mol. The summed E-state index contributed by atoms with van der Waals surface area (Å²) in [5.74, 6) is 0.641. The fourth-order valence-corrected chi connectivity index (χ4v) is 5.28. The van der Waals surface area contributed by atoms with Gasteiger partial charge in [-0.2, -0.15) is 0 Å². The van der Waals surface area contributed by atoms with Gasteiger partial charge in [0.05, 0.1) is 10.5 Å². The van der Waals surface area contributed by atoms with E-state index in [-0.39, 0.29) is 24.0 Å². The van der Waals surface area contributed by atoms with Crippen LogP contribution in [0.1, 0.15) is 40.7 Å². The number of nitrogens with one attached hydrogen (secondary N) is 1. The van der Waals surface area contributed by atoms with E-state index in [1.807, 2.05) is 43.2 Å². The van der Waals surface area contributed by atoms with Crippen LogP contribution >= 0.6 is 11.8 Å². The number of hydrogen-bond donors (Lipinski definition) is 1. The average Bonchev–Trinajstić information content (AvgIpc) is 2.77. The van der Waals surface area contributed by atoms with Crippen LogP contribution in [0, 0.1) is 13.8 Å². The molecule has 0 aliphatic carbocycles. The highest BCUT2D eigenvalue weighted by molar-refractivity contribution is 7.98. The molecule has 1 saturated heterocycles. The first-order chi connectivity index (χ1) is 14.8. The Hall–Kier alpha value is -2.03. The van der Waals surface area contributed by atoms with Crippen molar-refractivity contribution in [2.75, 3.05) is 32.5 Å². The normalized spacial score (nSPS) is 14.5. The number of amides is 1. The number of aryl methyl sites for hydroxylation is 2. The molecule has 1 amide bonds. The van der Waals surface area contributed by atoms with Gasteiger partial charge in [0.1, 0.15) is 12.4 Å². The second-order valence-electron chi connectivity index (χ2n) is 7.73. The van der Waals surface area contributed by atoms with E-state index in [1.165, 1.54) is 17.8 Å². The standard InChI is InChI=1S/C23H30N2O4S2/c1-17-7-9-21(18(2)15-17)29-14-11-24-31(27,28)19-8-10-22(30-3)20(16-19)23(26)25-12-5-4-6-13-25/h7-10,15-16,24H,4-6,11-14H2,1-3H3. The molecule has 1 heterocycles. The SMILES string of the molecule is CSc1ccc(S(=O)(=O)NCCOc2ccc(C)cc2C)cc1C(=O)N1CCCCC1. The number of hydrogen-bond acceptors (Lipinski definition) is 5. The minimum atomic E-state index is -3.75. The molecule has 0 unspecified atom stereocenters. The molecule has 0 spiro atoms. The molecule has 0 saturated carbocycles. The van der Waals surface area contributed by atoms with Gasteiger partial charge in [0.2, 0.25) is 10.0 Å². The molecule has 2 aromatic carbocycles. The summed E-state index contributed by atoms with van der Waals surface area (Å²) < 4.78 is 33.9. The van der Waals surface area contributed by atoms with Gasteiger partial charge in [0.15, 0.2) is 0 Å². The van der Waals surface area contributed by atoms with E-state index in [4.69, 9.17) is 4.74 Å². The molecule has 0 atom stereocenters. The van der Waals surface area contributed by atoms with E-state index in [9.17, 15) is 13.2 Å². The van der Waals surface area contributed by atoms with Crippen LogP contribution in [0.4, 0.5) is 0 Å². The average molecular weight is 463 g/mol. The highest BCUT2D eigenvalue weighted by Gasteiger charge is 2.23. The smallest absolute Gasteiger partial charge is 0.255 e. The number of ether oxygens (including phenoxy) is 1. The van der Waals surface area contributed by atoms with Gasteiger partial charge in [-0.3, -0.25) is 4.79 Å². The highest BCUT2D eigenvalue weighted by Crippen LogP contribution is 2.26. The third kappa shape index (κ3) is 6.02. The number of thioether (sulfide) groups is 1. The lowest BCUT2D eigenvalue weighted by atomic mass is 10.1. The molecule has 1 aliphatic rings. The number of sulfonamides is 1. The van der Waals surface area contributed by atoms with Crippen molar-refractivity contribution in [2.24, 2.45) is 0 Å². The van der Waals surface area contributed by atoms with Crippen molar-refractivity contribution in [3.8, 4) is 5.75 Å². The van der Waals surface area contributed by atoms with E-state index in [0.29, 0.717) is 5.56 Å². The fraction of sp³-hybridized carbons (Fsp3) is 0.435. The van der Waals surface area contributed by atoms with Crippen molar-refractivity contribution in [2.45, 2.75) is 42.9 Å². The Morgan fingerprint density at radius 2 is 1.84 bits per heavy atom. The lowest BCUT2D eigenvalue weighted by molar-refractivity contribution is 0.0720. The number of carbonyl (C=O) groups is 1. The monoisotopic (exact) mass is 462 g/mol. The molecule has 0 radical (unpaired) electrons. The van der Waals surface area contributed by atoms with Gasteiger partial charge in [-0.05, 0) is 69.2 Å². The molecule has 3 rings (SSSR count). The summed E-state index contributed by atoms with van der Waals surface area (Å²) in [5.41, 5.74) is 2.61. The van der Waals surface area contributed by atoms with E-state index in [0.717, 1.165) is 54.1 Å². The number of benzene rings is 2. The zero-order valence-electron chi connectivity index (χ0n) is 18.3. The van der Waals surface area contributed by atoms with Crippen molar-refractivity contribution < 1.29 is 17.9 Å². The summed E-state index contributed by atoms with van der Waals surface area (Å²) in [6, 6.07) is 10.6. The van der Waals surface area contributed by atoms with Crippen LogP contribution in [0.25, 0.3) is 0 Å². The van der Waals surface area contributed by atoms with Gasteiger partial charge >= 0.3 is 0 Å². The number of rotatable bonds is 8. The van der Waals surface area contributed by atoms with Crippen LogP contribution in [0.5, 0.6) is 5.75 Å². The van der Waals surface area contributed by atoms with Gasteiger partial charge in [-0.15, -0.1) is 11.8 Å². The maximum absolute atomic E-state index is 13.0. The Bertz CT molecular complexity index is 1030. The largest absolute Gasteiger partial charge is 0.492 e. The van der Waals surface area contributed by atoms with Crippen LogP contribution < -0.4 is 9.46 Å². The van der Waals surface area contributed by atoms with Crippen LogP contribution in [0.15, 0.2) is 46.2 Å². The highest BCUT2D eigenvalue weighted by atomic mass is 32.2. The van der Waals surface area contributed by atoms with E-state index < -0.39 is 10.0 Å². The Kier molecular flexibility index (Phi) is 8.02. The first-order valence-electron chi connectivity index (χ1n) is 10.5. The summed E-state index contributed by atoms with van der Waals surface area (Å²) >= 11 is 1.45. The third-order valence-corrected chi connectivity index (χ3v) is 7.59. The van der Waals surface area contributed by atoms with Crippen LogP contribution in [0.2, 0.25) is 0 Å². The predicted octanol–water partition coefficient (Wildman–Crippen LogP) is 4.01. The quantitative estimate of drug-likeness (QED) is 0.474. The number of likely N-dealkylation sites (tertiary alicyclic amines) is 1. The fourth-order valence-electron chi connectivity index (χ4n) is 3.67. The molecular formula is C23H30N2O4S2. The minimum Gasteiger partial charge on any atom is -0.492 e. The van der Waals surface area contributed by atoms with Crippen molar-refractivity contribution in [1.29, 1.82) is 0 Å². The first-order valence-corrected chi connectivity index (χ1v) is 13.2. The molecule has 6 nitrogen and oxygen atoms in total. The zero-order chi connectivity index (χ0) is 22.4. The summed E-state index contributed by atoms with van der Waals surface area (Å²) in [4.78, 5) is 15.7. The first kappa shape index (κ1) is 23.6. The van der Waals surface area contributed by atoms with Gasteiger partial charge in [0, 0.05) is 24.5 Å². The molecule has 31 heavy (non-hydrogen) atoms. The molecule has 0 bridgehead atoms. The van der Waals surface area contributed by atoms with Crippen molar-refractivity contribution in [1.82, 2.24) is 9.62 Å². The van der Waals surface area contributed by atoms with Crippen molar-refractivity contribution >= 4 is 27.7 Å². The van der Waals surface area contributed by atoms with Gasteiger partial charge < -0.3 is 9.64 Å². The van der Waals surface area contributed by atoms with Gasteiger partial charge in [0.25, 0.3) is 5.91 Å². The molecule has 8 heteroatoms. The Balaban J connectivity index is 1.68. The van der Waals surface area contributed by atoms with Crippen molar-refractivity contribution in [3.05, 3.63) is 53.1 Å². The van der Waals surface area contributed by atoms with Gasteiger partial charge in [-0.25, -0.2) is 13.1 Å². The molecule has 168 valence electrons. The zero-order valence-corrected chi connectivity index (χ0v) is 19.9. The van der Waals surface area contributed by atoms with E-state index in [2.05, 4.69) is 4.72 Å². The number of carbonyl (C=O) groups excluding carboxylic acids is 1. The van der Waals surface area contributed by atoms with Crippen LogP contribution in [-0.4, -0.2) is 51.7 Å². The molecule has 1 fully saturated rings. The Labute approximate surface area is 189 Å². The third-order valence-electron chi connectivity index (χ3n) is 5.34. The van der Waals surface area contributed by atoms with Crippen molar-refractivity contribution in [3.63, 3.8) is 0 Å². The molecule has 2 aromatic rings. The molecular weight excluding hydrogens is 432 g/mol. The lowest BCUT2D eigenvalue weighted by Crippen LogP contribution is -2.36. The minimum absolute atomic E-state index is 0.0946. The lowest BCUT2D eigenvalue weighted by Gasteiger charge is -2.27. The molecule has 1 aliphatic heterocycles. The van der Waals surface area contributed by atoms with Crippen LogP contribution in [-0.2, 0) is 10.0 Å². The second-order valence-corrected chi connectivity index (χ2v) is 10.3. The topological polar surface area (TPSA) is 75.7 Å². The second kappa shape index (κ2) is 10.5. The summed E-state index contributed by atoms with van der Waals surface area (Å²) in [6.07, 6.45) is 4.99. The maximum atomic E-state index is 13.0. The maximum Gasteiger partial charge on any atom is 0.255 e. The summed E-state index contributed by atoms with van der Waals surface area (Å²) in [6.45, 7) is 5.76. The number of nitrogens with zero attached hydrogens (tertiary/aromatic N) is 1. The number of piperidine rings is 1.